The number of hydrogen-bond donors (Lipinski definition) is 1. The molecular weight excluding hydrogens is 376 g/mol. The second-order valence-corrected chi connectivity index (χ2v) is 6.86. The summed E-state index contributed by atoms with van der Waals surface area (Å²) in [7, 11) is 0. The average molecular weight is 389 g/mol. The highest BCUT2D eigenvalue weighted by Crippen LogP contribution is 2.27. The number of rotatable bonds is 5. The number of carbonyl (C=O) groups is 1. The lowest BCUT2D eigenvalue weighted by Crippen LogP contribution is -2.23. The first kappa shape index (κ1) is 18.0. The van der Waals surface area contributed by atoms with Crippen molar-refractivity contribution in [2.75, 3.05) is 0 Å². The molecule has 0 saturated heterocycles. The molecule has 9 heteroatoms. The van der Waals surface area contributed by atoms with Gasteiger partial charge in [-0.05, 0) is 25.1 Å². The zero-order valence-electron chi connectivity index (χ0n) is 13.6. The highest BCUT2D eigenvalue weighted by atomic mass is 35.5. The van der Waals surface area contributed by atoms with Gasteiger partial charge in [0.2, 0.25) is 0 Å². The molecule has 0 aliphatic heterocycles. The minimum absolute atomic E-state index is 0.0653. The molecule has 1 N–H and O–H groups in total. The number of carbonyl (C=O) groups excluding carboxylic acids is 1. The SMILES string of the molecule is Cc1nc(-c2cccnc2)sc1CNC(=O)c1cc([N+](=O)[O-])ccc1Cl. The predicted molar refractivity (Wildman–Crippen MR) is 99.4 cm³/mol. The van der Waals surface area contributed by atoms with Crippen molar-refractivity contribution >= 4 is 34.5 Å². The topological polar surface area (TPSA) is 98.0 Å². The van der Waals surface area contributed by atoms with Gasteiger partial charge in [0.05, 0.1) is 27.7 Å². The van der Waals surface area contributed by atoms with Gasteiger partial charge in [0.1, 0.15) is 5.01 Å². The maximum Gasteiger partial charge on any atom is 0.270 e. The van der Waals surface area contributed by atoms with Crippen molar-refractivity contribution in [3.8, 4) is 10.6 Å². The van der Waals surface area contributed by atoms with E-state index < -0.39 is 10.8 Å². The van der Waals surface area contributed by atoms with Crippen LogP contribution >= 0.6 is 22.9 Å². The number of nitro benzene ring substituents is 1. The number of pyridine rings is 1. The lowest BCUT2D eigenvalue weighted by molar-refractivity contribution is -0.384. The monoisotopic (exact) mass is 388 g/mol. The Morgan fingerprint density at radius 1 is 1.38 bits per heavy atom. The third-order valence-corrected chi connectivity index (χ3v) is 5.15. The molecule has 0 fully saturated rings. The Kier molecular flexibility index (Phi) is 5.24. The summed E-state index contributed by atoms with van der Waals surface area (Å²) in [5.41, 5.74) is 1.59. The van der Waals surface area contributed by atoms with E-state index in [0.717, 1.165) is 27.2 Å². The Bertz CT molecular complexity index is 975. The molecule has 3 rings (SSSR count). The molecule has 0 saturated carbocycles. The lowest BCUT2D eigenvalue weighted by atomic mass is 10.2. The van der Waals surface area contributed by atoms with Crippen molar-refractivity contribution in [2.24, 2.45) is 0 Å². The van der Waals surface area contributed by atoms with Crippen LogP contribution in [-0.2, 0) is 6.54 Å². The van der Waals surface area contributed by atoms with E-state index >= 15 is 0 Å². The van der Waals surface area contributed by atoms with Crippen LogP contribution in [0.15, 0.2) is 42.7 Å². The summed E-state index contributed by atoms with van der Waals surface area (Å²) in [4.78, 5) is 32.1. The molecule has 2 aromatic heterocycles. The molecular formula is C17H13ClN4O3S. The fourth-order valence-corrected chi connectivity index (χ4v) is 3.46. The van der Waals surface area contributed by atoms with Crippen LogP contribution in [0, 0.1) is 17.0 Å². The Morgan fingerprint density at radius 2 is 2.19 bits per heavy atom. The van der Waals surface area contributed by atoms with Gasteiger partial charge in [0.15, 0.2) is 0 Å². The third-order valence-electron chi connectivity index (χ3n) is 3.62. The zero-order valence-corrected chi connectivity index (χ0v) is 15.2. The molecule has 0 bridgehead atoms. The molecule has 0 unspecified atom stereocenters. The number of aryl methyl sites for hydroxylation is 1. The van der Waals surface area contributed by atoms with Gasteiger partial charge < -0.3 is 5.32 Å². The fraction of sp³-hybridized carbons (Fsp3) is 0.118. The molecule has 7 nitrogen and oxygen atoms in total. The summed E-state index contributed by atoms with van der Waals surface area (Å²) in [6.07, 6.45) is 3.41. The van der Waals surface area contributed by atoms with Crippen LogP contribution in [0.1, 0.15) is 20.9 Å². The number of hydrogen-bond acceptors (Lipinski definition) is 6. The van der Waals surface area contributed by atoms with E-state index in [4.69, 9.17) is 11.6 Å². The number of nitro groups is 1. The maximum atomic E-state index is 12.4. The second-order valence-electron chi connectivity index (χ2n) is 5.37. The van der Waals surface area contributed by atoms with Gasteiger partial charge in [-0.25, -0.2) is 4.98 Å². The van der Waals surface area contributed by atoms with Crippen LogP contribution in [0.4, 0.5) is 5.69 Å². The minimum atomic E-state index is -0.569. The van der Waals surface area contributed by atoms with Crippen LogP contribution in [0.3, 0.4) is 0 Å². The van der Waals surface area contributed by atoms with E-state index in [-0.39, 0.29) is 22.8 Å². The number of nitrogens with zero attached hydrogens (tertiary/aromatic N) is 3. The molecule has 0 aliphatic rings. The molecule has 0 atom stereocenters. The molecule has 132 valence electrons. The summed E-state index contributed by atoms with van der Waals surface area (Å²) < 4.78 is 0. The first-order chi connectivity index (χ1) is 12.5. The molecule has 1 amide bonds. The van der Waals surface area contributed by atoms with E-state index in [0.29, 0.717) is 0 Å². The molecule has 1 aromatic carbocycles. The van der Waals surface area contributed by atoms with Crippen molar-refractivity contribution in [1.82, 2.24) is 15.3 Å². The van der Waals surface area contributed by atoms with E-state index in [1.54, 1.807) is 12.4 Å². The minimum Gasteiger partial charge on any atom is -0.347 e. The van der Waals surface area contributed by atoms with E-state index in [9.17, 15) is 14.9 Å². The largest absolute Gasteiger partial charge is 0.347 e. The molecule has 0 radical (unpaired) electrons. The van der Waals surface area contributed by atoms with Crippen LogP contribution in [-0.4, -0.2) is 20.8 Å². The lowest BCUT2D eigenvalue weighted by Gasteiger charge is -2.06. The van der Waals surface area contributed by atoms with E-state index in [2.05, 4.69) is 15.3 Å². The van der Waals surface area contributed by atoms with Gasteiger partial charge in [-0.2, -0.15) is 0 Å². The number of benzene rings is 1. The quantitative estimate of drug-likeness (QED) is 0.526. The van der Waals surface area contributed by atoms with Crippen LogP contribution in [0.2, 0.25) is 5.02 Å². The van der Waals surface area contributed by atoms with Crippen molar-refractivity contribution < 1.29 is 9.72 Å². The number of thiazole rings is 1. The van der Waals surface area contributed by atoms with E-state index in [1.807, 2.05) is 19.1 Å². The normalized spacial score (nSPS) is 10.5. The summed E-state index contributed by atoms with van der Waals surface area (Å²) >= 11 is 7.45. The van der Waals surface area contributed by atoms with Crippen molar-refractivity contribution in [1.29, 1.82) is 0 Å². The van der Waals surface area contributed by atoms with E-state index in [1.165, 1.54) is 23.5 Å². The van der Waals surface area contributed by atoms with Crippen molar-refractivity contribution in [2.45, 2.75) is 13.5 Å². The smallest absolute Gasteiger partial charge is 0.270 e. The standard InChI is InChI=1S/C17H13ClN4O3S/c1-10-15(26-17(21-10)11-3-2-6-19-8-11)9-20-16(23)13-7-12(22(24)25)4-5-14(13)18/h2-8H,9H2,1H3,(H,20,23). The highest BCUT2D eigenvalue weighted by molar-refractivity contribution is 7.15. The first-order valence-corrected chi connectivity index (χ1v) is 8.74. The number of halogens is 1. The van der Waals surface area contributed by atoms with Crippen LogP contribution in [0.5, 0.6) is 0 Å². The zero-order chi connectivity index (χ0) is 18.7. The van der Waals surface area contributed by atoms with Crippen LogP contribution < -0.4 is 5.32 Å². The number of amides is 1. The number of nitrogens with one attached hydrogen (secondary N) is 1. The number of non-ortho nitro benzene ring substituents is 1. The predicted octanol–water partition coefficient (Wildman–Crippen LogP) is 4.01. The second kappa shape index (κ2) is 7.59. The van der Waals surface area contributed by atoms with Gasteiger partial charge in [0, 0.05) is 35.0 Å². The highest BCUT2D eigenvalue weighted by Gasteiger charge is 2.17. The van der Waals surface area contributed by atoms with Crippen molar-refractivity contribution in [3.63, 3.8) is 0 Å². The summed E-state index contributed by atoms with van der Waals surface area (Å²) in [6, 6.07) is 7.51. The molecule has 0 spiro atoms. The molecule has 3 aromatic rings. The maximum absolute atomic E-state index is 12.4. The van der Waals surface area contributed by atoms with Crippen LogP contribution in [0.25, 0.3) is 10.6 Å². The summed E-state index contributed by atoms with van der Waals surface area (Å²) in [6.45, 7) is 2.11. The summed E-state index contributed by atoms with van der Waals surface area (Å²) in [5.74, 6) is -0.477. The Balaban J connectivity index is 1.75. The van der Waals surface area contributed by atoms with Gasteiger partial charge in [0.25, 0.3) is 11.6 Å². The Morgan fingerprint density at radius 3 is 2.88 bits per heavy atom. The fourth-order valence-electron chi connectivity index (χ4n) is 2.26. The third kappa shape index (κ3) is 3.87. The van der Waals surface area contributed by atoms with Gasteiger partial charge in [-0.15, -0.1) is 11.3 Å². The molecule has 2 heterocycles. The Labute approximate surface area is 157 Å². The van der Waals surface area contributed by atoms with Crippen molar-refractivity contribution in [3.05, 3.63) is 74.0 Å². The first-order valence-electron chi connectivity index (χ1n) is 7.54. The number of aromatic nitrogens is 2. The average Bonchev–Trinajstić information content (AvgIpc) is 3.01. The molecule has 0 aliphatic carbocycles. The Hall–Kier alpha value is -2.84. The van der Waals surface area contributed by atoms with Gasteiger partial charge in [-0.1, -0.05) is 11.6 Å². The van der Waals surface area contributed by atoms with Gasteiger partial charge in [-0.3, -0.25) is 19.9 Å². The molecule has 26 heavy (non-hydrogen) atoms. The van der Waals surface area contributed by atoms with Gasteiger partial charge >= 0.3 is 0 Å². The summed E-state index contributed by atoms with van der Waals surface area (Å²) in [5, 5.41) is 14.6.